The number of carbonyl (C=O) groups is 2. The van der Waals surface area contributed by atoms with Crippen molar-refractivity contribution in [3.05, 3.63) is 53.3 Å². The lowest BCUT2D eigenvalue weighted by Crippen LogP contribution is -2.37. The molecule has 1 aromatic heterocycles. The zero-order valence-corrected chi connectivity index (χ0v) is 14.8. The van der Waals surface area contributed by atoms with E-state index in [2.05, 4.69) is 10.3 Å². The van der Waals surface area contributed by atoms with Crippen LogP contribution in [0.2, 0.25) is 0 Å². The summed E-state index contributed by atoms with van der Waals surface area (Å²) < 4.78 is 10.3. The van der Waals surface area contributed by atoms with Crippen LogP contribution in [0.5, 0.6) is 5.75 Å². The van der Waals surface area contributed by atoms with Crippen molar-refractivity contribution in [2.45, 2.75) is 19.9 Å². The number of benzene rings is 1. The minimum atomic E-state index is -0.345. The topological polar surface area (TPSA) is 80.8 Å². The number of hydrogen-bond acceptors (Lipinski definition) is 5. The first-order valence-corrected chi connectivity index (χ1v) is 8.45. The van der Waals surface area contributed by atoms with Crippen molar-refractivity contribution >= 4 is 17.7 Å². The maximum absolute atomic E-state index is 12.8. The zero-order chi connectivity index (χ0) is 18.5. The van der Waals surface area contributed by atoms with Crippen LogP contribution in [0.4, 0.5) is 10.5 Å². The average molecular weight is 355 g/mol. The van der Waals surface area contributed by atoms with E-state index in [1.165, 1.54) is 0 Å². The molecule has 0 unspecified atom stereocenters. The standard InChI is InChI=1S/C19H21N3O4/c1-3-26-19(24)22-9-8-14-13(12-22)10-20-11-15(14)18(23)21-16-6-4-5-7-17(16)25-2/h4-7,10-11H,3,8-9,12H2,1-2H3,(H,21,23). The number of nitrogens with one attached hydrogen (secondary N) is 1. The molecule has 136 valence electrons. The fourth-order valence-electron chi connectivity index (χ4n) is 3.00. The molecule has 3 rings (SSSR count). The minimum Gasteiger partial charge on any atom is -0.495 e. The van der Waals surface area contributed by atoms with E-state index >= 15 is 0 Å². The number of anilines is 1. The number of rotatable bonds is 4. The smallest absolute Gasteiger partial charge is 0.410 e. The molecule has 1 aliphatic heterocycles. The molecule has 0 aliphatic carbocycles. The lowest BCUT2D eigenvalue weighted by Gasteiger charge is -2.28. The Morgan fingerprint density at radius 2 is 2.08 bits per heavy atom. The maximum atomic E-state index is 12.8. The average Bonchev–Trinajstić information content (AvgIpc) is 2.67. The summed E-state index contributed by atoms with van der Waals surface area (Å²) in [7, 11) is 1.56. The van der Waals surface area contributed by atoms with E-state index in [0.717, 1.165) is 11.1 Å². The highest BCUT2D eigenvalue weighted by molar-refractivity contribution is 6.06. The van der Waals surface area contributed by atoms with Gasteiger partial charge in [-0.25, -0.2) is 4.79 Å². The monoisotopic (exact) mass is 355 g/mol. The van der Waals surface area contributed by atoms with Crippen molar-refractivity contribution in [3.63, 3.8) is 0 Å². The van der Waals surface area contributed by atoms with Crippen LogP contribution in [0.3, 0.4) is 0 Å². The second-order valence-corrected chi connectivity index (χ2v) is 5.85. The maximum Gasteiger partial charge on any atom is 0.410 e. The van der Waals surface area contributed by atoms with Crippen LogP contribution in [0.15, 0.2) is 36.7 Å². The van der Waals surface area contributed by atoms with Gasteiger partial charge in [0.2, 0.25) is 0 Å². The van der Waals surface area contributed by atoms with Crippen LogP contribution in [-0.2, 0) is 17.7 Å². The van der Waals surface area contributed by atoms with Gasteiger partial charge in [0.15, 0.2) is 0 Å². The lowest BCUT2D eigenvalue weighted by atomic mass is 9.97. The first-order valence-electron chi connectivity index (χ1n) is 8.45. The number of ether oxygens (including phenoxy) is 2. The lowest BCUT2D eigenvalue weighted by molar-refractivity contribution is 0.101. The molecular formula is C19H21N3O4. The van der Waals surface area contributed by atoms with E-state index in [1.807, 2.05) is 12.1 Å². The molecular weight excluding hydrogens is 334 g/mol. The van der Waals surface area contributed by atoms with E-state index in [4.69, 9.17) is 9.47 Å². The molecule has 7 heteroatoms. The number of para-hydroxylation sites is 2. The molecule has 0 saturated carbocycles. The number of hydrogen-bond donors (Lipinski definition) is 1. The van der Waals surface area contributed by atoms with Crippen molar-refractivity contribution in [1.29, 1.82) is 0 Å². The predicted octanol–water partition coefficient (Wildman–Crippen LogP) is 2.86. The predicted molar refractivity (Wildman–Crippen MR) is 96.3 cm³/mol. The van der Waals surface area contributed by atoms with Gasteiger partial charge in [0.05, 0.1) is 31.5 Å². The third-order valence-corrected chi connectivity index (χ3v) is 4.27. The van der Waals surface area contributed by atoms with Gasteiger partial charge in [-0.2, -0.15) is 0 Å². The Morgan fingerprint density at radius 3 is 2.85 bits per heavy atom. The quantitative estimate of drug-likeness (QED) is 0.912. The highest BCUT2D eigenvalue weighted by Crippen LogP contribution is 2.26. The molecule has 1 aromatic carbocycles. The summed E-state index contributed by atoms with van der Waals surface area (Å²) >= 11 is 0. The van der Waals surface area contributed by atoms with Crippen molar-refractivity contribution < 1.29 is 19.1 Å². The number of fused-ring (bicyclic) bond motifs is 1. The van der Waals surface area contributed by atoms with Gasteiger partial charge >= 0.3 is 6.09 Å². The Kier molecular flexibility index (Phi) is 5.36. The first kappa shape index (κ1) is 17.7. The molecule has 0 spiro atoms. The summed E-state index contributed by atoms with van der Waals surface area (Å²) in [6.45, 7) is 3.00. The minimum absolute atomic E-state index is 0.247. The summed E-state index contributed by atoms with van der Waals surface area (Å²) in [5.74, 6) is 0.343. The second-order valence-electron chi connectivity index (χ2n) is 5.85. The Hall–Kier alpha value is -3.09. The van der Waals surface area contributed by atoms with Gasteiger partial charge in [0.1, 0.15) is 5.75 Å². The SMILES string of the molecule is CCOC(=O)N1CCc2c(cncc2C(=O)Nc2ccccc2OC)C1. The van der Waals surface area contributed by atoms with Crippen LogP contribution >= 0.6 is 0 Å². The molecule has 1 aliphatic rings. The van der Waals surface area contributed by atoms with Crippen molar-refractivity contribution in [1.82, 2.24) is 9.88 Å². The third kappa shape index (κ3) is 3.61. The number of carbonyl (C=O) groups excluding carboxylic acids is 2. The molecule has 2 amide bonds. The first-order chi connectivity index (χ1) is 12.6. The van der Waals surface area contributed by atoms with Gasteiger partial charge in [0, 0.05) is 18.9 Å². The number of aromatic nitrogens is 1. The summed E-state index contributed by atoms with van der Waals surface area (Å²) in [5, 5.41) is 2.87. The van der Waals surface area contributed by atoms with Crippen LogP contribution < -0.4 is 10.1 Å². The van der Waals surface area contributed by atoms with E-state index < -0.39 is 0 Å². The van der Waals surface area contributed by atoms with E-state index in [9.17, 15) is 9.59 Å². The van der Waals surface area contributed by atoms with Gasteiger partial charge < -0.3 is 19.7 Å². The van der Waals surface area contributed by atoms with Crippen LogP contribution in [0.1, 0.15) is 28.4 Å². The highest BCUT2D eigenvalue weighted by Gasteiger charge is 2.25. The molecule has 2 aromatic rings. The van der Waals surface area contributed by atoms with Crippen molar-refractivity contribution in [2.24, 2.45) is 0 Å². The number of methoxy groups -OCH3 is 1. The van der Waals surface area contributed by atoms with Crippen LogP contribution in [0, 0.1) is 0 Å². The Bertz CT molecular complexity index is 822. The molecule has 0 radical (unpaired) electrons. The molecule has 0 saturated heterocycles. The molecule has 1 N–H and O–H groups in total. The van der Waals surface area contributed by atoms with Crippen LogP contribution in [-0.4, -0.2) is 42.1 Å². The van der Waals surface area contributed by atoms with Crippen molar-refractivity contribution in [2.75, 3.05) is 25.6 Å². The summed E-state index contributed by atoms with van der Waals surface area (Å²) in [6.07, 6.45) is 3.48. The Labute approximate surface area is 151 Å². The molecule has 0 bridgehead atoms. The van der Waals surface area contributed by atoms with Crippen molar-refractivity contribution in [3.8, 4) is 5.75 Å². The number of amides is 2. The molecule has 0 fully saturated rings. The van der Waals surface area contributed by atoms with Gasteiger partial charge in [-0.3, -0.25) is 9.78 Å². The molecule has 2 heterocycles. The second kappa shape index (κ2) is 7.86. The molecule has 0 atom stereocenters. The van der Waals surface area contributed by atoms with Gasteiger partial charge in [-0.1, -0.05) is 12.1 Å². The zero-order valence-electron chi connectivity index (χ0n) is 14.8. The van der Waals surface area contributed by atoms with E-state index in [1.54, 1.807) is 43.5 Å². The van der Waals surface area contributed by atoms with Gasteiger partial charge in [0.25, 0.3) is 5.91 Å². The van der Waals surface area contributed by atoms with Gasteiger partial charge in [-0.05, 0) is 36.6 Å². The van der Waals surface area contributed by atoms with Gasteiger partial charge in [-0.15, -0.1) is 0 Å². The summed E-state index contributed by atoms with van der Waals surface area (Å²) in [4.78, 5) is 30.5. The Morgan fingerprint density at radius 1 is 1.27 bits per heavy atom. The summed E-state index contributed by atoms with van der Waals surface area (Å²) in [5.41, 5.74) is 2.88. The molecule has 7 nitrogen and oxygen atoms in total. The number of pyridine rings is 1. The highest BCUT2D eigenvalue weighted by atomic mass is 16.6. The van der Waals surface area contributed by atoms with E-state index in [0.29, 0.717) is 43.1 Å². The van der Waals surface area contributed by atoms with Crippen LogP contribution in [0.25, 0.3) is 0 Å². The normalized spacial score (nSPS) is 12.9. The largest absolute Gasteiger partial charge is 0.495 e. The fourth-order valence-corrected chi connectivity index (χ4v) is 3.00. The third-order valence-electron chi connectivity index (χ3n) is 4.27. The van der Waals surface area contributed by atoms with E-state index in [-0.39, 0.29) is 12.0 Å². The fraction of sp³-hybridized carbons (Fsp3) is 0.316. The summed E-state index contributed by atoms with van der Waals surface area (Å²) in [6, 6.07) is 7.23. The number of nitrogens with zero attached hydrogens (tertiary/aromatic N) is 2. The molecule has 26 heavy (non-hydrogen) atoms. The Balaban J connectivity index is 1.81.